The molecular formula is C9H16N4O. The van der Waals surface area contributed by atoms with Crippen molar-refractivity contribution in [3.05, 3.63) is 6.20 Å². The molecule has 2 unspecified atom stereocenters. The zero-order valence-electron chi connectivity index (χ0n) is 8.59. The lowest BCUT2D eigenvalue weighted by molar-refractivity contribution is 0.102. The van der Waals surface area contributed by atoms with Crippen LogP contribution in [0, 0.1) is 5.92 Å². The van der Waals surface area contributed by atoms with E-state index >= 15 is 0 Å². The van der Waals surface area contributed by atoms with Gasteiger partial charge in [0.1, 0.15) is 5.82 Å². The maximum Gasteiger partial charge on any atom is 0.147 e. The Morgan fingerprint density at radius 1 is 1.57 bits per heavy atom. The Morgan fingerprint density at radius 2 is 2.36 bits per heavy atom. The second kappa shape index (κ2) is 3.57. The Bertz CT molecular complexity index is 312. The zero-order valence-corrected chi connectivity index (χ0v) is 8.59. The van der Waals surface area contributed by atoms with Crippen LogP contribution in [0.1, 0.15) is 13.3 Å². The quantitative estimate of drug-likeness (QED) is 0.688. The van der Waals surface area contributed by atoms with Crippen LogP contribution in [-0.2, 0) is 7.05 Å². The molecule has 0 saturated carbocycles. The Morgan fingerprint density at radius 3 is 2.93 bits per heavy atom. The molecule has 1 fully saturated rings. The number of anilines is 1. The summed E-state index contributed by atoms with van der Waals surface area (Å²) in [6, 6.07) is 0. The molecule has 2 atom stereocenters. The lowest BCUT2D eigenvalue weighted by Gasteiger charge is -2.34. The summed E-state index contributed by atoms with van der Waals surface area (Å²) in [5.74, 6) is 1.38. The van der Waals surface area contributed by atoms with E-state index in [2.05, 4.69) is 22.1 Å². The van der Waals surface area contributed by atoms with Crippen molar-refractivity contribution in [1.29, 1.82) is 0 Å². The summed E-state index contributed by atoms with van der Waals surface area (Å²) in [6.07, 6.45) is 2.52. The van der Waals surface area contributed by atoms with Gasteiger partial charge in [0.15, 0.2) is 0 Å². The topological polar surface area (TPSA) is 54.2 Å². The van der Waals surface area contributed by atoms with Crippen LogP contribution in [0.3, 0.4) is 0 Å². The first-order chi connectivity index (χ1) is 6.68. The van der Waals surface area contributed by atoms with E-state index in [0.717, 1.165) is 18.8 Å². The average Bonchev–Trinajstić information content (AvgIpc) is 2.57. The van der Waals surface area contributed by atoms with Crippen molar-refractivity contribution >= 4 is 5.82 Å². The third-order valence-electron chi connectivity index (χ3n) is 2.93. The molecular weight excluding hydrogens is 180 g/mol. The van der Waals surface area contributed by atoms with E-state index in [-0.39, 0.29) is 6.10 Å². The Kier molecular flexibility index (Phi) is 2.41. The van der Waals surface area contributed by atoms with Gasteiger partial charge in [-0.1, -0.05) is 12.1 Å². The summed E-state index contributed by atoms with van der Waals surface area (Å²) in [5, 5.41) is 17.5. The summed E-state index contributed by atoms with van der Waals surface area (Å²) in [5.41, 5.74) is 0. The normalized spacial score (nSPS) is 28.1. The van der Waals surface area contributed by atoms with Crippen LogP contribution in [0.4, 0.5) is 5.82 Å². The molecule has 2 heterocycles. The lowest BCUT2D eigenvalue weighted by atomic mass is 9.96. The molecule has 0 amide bonds. The first-order valence-corrected chi connectivity index (χ1v) is 4.96. The predicted octanol–water partition coefficient (Wildman–Crippen LogP) is 0.0222. The molecule has 0 aromatic carbocycles. The van der Waals surface area contributed by atoms with E-state index in [1.54, 1.807) is 10.9 Å². The minimum Gasteiger partial charge on any atom is -0.391 e. The van der Waals surface area contributed by atoms with Gasteiger partial charge in [-0.05, 0) is 12.3 Å². The van der Waals surface area contributed by atoms with E-state index in [4.69, 9.17) is 0 Å². The summed E-state index contributed by atoms with van der Waals surface area (Å²) < 4.78 is 1.74. The molecule has 0 bridgehead atoms. The largest absolute Gasteiger partial charge is 0.391 e. The number of aryl methyl sites for hydroxylation is 1. The Hall–Kier alpha value is -1.10. The van der Waals surface area contributed by atoms with Crippen molar-refractivity contribution in [3.63, 3.8) is 0 Å². The fourth-order valence-corrected chi connectivity index (χ4v) is 1.83. The van der Waals surface area contributed by atoms with Crippen molar-refractivity contribution in [2.75, 3.05) is 18.0 Å². The molecule has 1 aliphatic heterocycles. The van der Waals surface area contributed by atoms with Gasteiger partial charge in [-0.3, -0.25) is 0 Å². The predicted molar refractivity (Wildman–Crippen MR) is 53.0 cm³/mol. The van der Waals surface area contributed by atoms with Crippen LogP contribution in [0.5, 0.6) is 0 Å². The smallest absolute Gasteiger partial charge is 0.147 e. The van der Waals surface area contributed by atoms with Crippen molar-refractivity contribution in [2.24, 2.45) is 13.0 Å². The SMILES string of the molecule is CC1CCN(c2cnnn2C)CC1O. The van der Waals surface area contributed by atoms with E-state index in [1.165, 1.54) is 0 Å². The maximum absolute atomic E-state index is 9.75. The highest BCUT2D eigenvalue weighted by Gasteiger charge is 2.25. The van der Waals surface area contributed by atoms with E-state index < -0.39 is 0 Å². The standard InChI is InChI=1S/C9H16N4O/c1-7-3-4-13(6-8(7)14)9-5-10-11-12(9)2/h5,7-8,14H,3-4,6H2,1-2H3. The minimum atomic E-state index is -0.237. The van der Waals surface area contributed by atoms with Gasteiger partial charge < -0.3 is 10.0 Å². The maximum atomic E-state index is 9.75. The minimum absolute atomic E-state index is 0.237. The number of rotatable bonds is 1. The number of β-amino-alcohol motifs (C(OH)–C–C–N with tert-alkyl or cyclic N) is 1. The van der Waals surface area contributed by atoms with Crippen LogP contribution in [0.2, 0.25) is 0 Å². The molecule has 1 aromatic rings. The second-order valence-electron chi connectivity index (χ2n) is 4.00. The molecule has 14 heavy (non-hydrogen) atoms. The molecule has 0 spiro atoms. The number of hydrogen-bond donors (Lipinski definition) is 1. The van der Waals surface area contributed by atoms with Gasteiger partial charge in [-0.15, -0.1) is 5.10 Å². The zero-order chi connectivity index (χ0) is 10.1. The molecule has 1 aliphatic rings. The van der Waals surface area contributed by atoms with Crippen molar-refractivity contribution in [3.8, 4) is 0 Å². The average molecular weight is 196 g/mol. The number of piperidine rings is 1. The first-order valence-electron chi connectivity index (χ1n) is 4.96. The molecule has 1 N–H and O–H groups in total. The highest BCUT2D eigenvalue weighted by molar-refractivity contribution is 5.36. The van der Waals surface area contributed by atoms with Gasteiger partial charge >= 0.3 is 0 Å². The number of hydrogen-bond acceptors (Lipinski definition) is 4. The van der Waals surface area contributed by atoms with Gasteiger partial charge in [0.2, 0.25) is 0 Å². The molecule has 5 nitrogen and oxygen atoms in total. The van der Waals surface area contributed by atoms with Crippen LogP contribution >= 0.6 is 0 Å². The Balaban J connectivity index is 2.10. The molecule has 5 heteroatoms. The number of aliphatic hydroxyl groups excluding tert-OH is 1. The first kappa shape index (κ1) is 9.45. The third kappa shape index (κ3) is 1.59. The molecule has 0 radical (unpaired) electrons. The lowest BCUT2D eigenvalue weighted by Crippen LogP contribution is -2.43. The molecule has 78 valence electrons. The van der Waals surface area contributed by atoms with E-state index in [0.29, 0.717) is 12.5 Å². The molecule has 1 saturated heterocycles. The van der Waals surface area contributed by atoms with Crippen LogP contribution in [-0.4, -0.2) is 39.3 Å². The summed E-state index contributed by atoms with van der Waals surface area (Å²) >= 11 is 0. The van der Waals surface area contributed by atoms with Gasteiger partial charge in [0, 0.05) is 20.1 Å². The number of aliphatic hydroxyl groups is 1. The summed E-state index contributed by atoms with van der Waals surface area (Å²) in [6.45, 7) is 3.74. The summed E-state index contributed by atoms with van der Waals surface area (Å²) in [7, 11) is 1.87. The second-order valence-corrected chi connectivity index (χ2v) is 4.00. The monoisotopic (exact) mass is 196 g/mol. The Labute approximate surface area is 83.3 Å². The van der Waals surface area contributed by atoms with Crippen LogP contribution in [0.15, 0.2) is 6.20 Å². The van der Waals surface area contributed by atoms with Crippen molar-refractivity contribution in [1.82, 2.24) is 15.0 Å². The van der Waals surface area contributed by atoms with E-state index in [1.807, 2.05) is 7.05 Å². The van der Waals surface area contributed by atoms with Crippen LogP contribution < -0.4 is 4.90 Å². The van der Waals surface area contributed by atoms with Crippen LogP contribution in [0.25, 0.3) is 0 Å². The summed E-state index contributed by atoms with van der Waals surface area (Å²) in [4.78, 5) is 2.13. The number of aromatic nitrogens is 3. The van der Waals surface area contributed by atoms with Gasteiger partial charge in [0.05, 0.1) is 12.3 Å². The van der Waals surface area contributed by atoms with Gasteiger partial charge in [-0.25, -0.2) is 4.68 Å². The number of nitrogens with zero attached hydrogens (tertiary/aromatic N) is 4. The molecule has 1 aromatic heterocycles. The van der Waals surface area contributed by atoms with Crippen molar-refractivity contribution < 1.29 is 5.11 Å². The third-order valence-corrected chi connectivity index (χ3v) is 2.93. The fourth-order valence-electron chi connectivity index (χ4n) is 1.83. The molecule has 0 aliphatic carbocycles. The highest BCUT2D eigenvalue weighted by atomic mass is 16.3. The van der Waals surface area contributed by atoms with Gasteiger partial charge in [-0.2, -0.15) is 0 Å². The van der Waals surface area contributed by atoms with Gasteiger partial charge in [0.25, 0.3) is 0 Å². The van der Waals surface area contributed by atoms with E-state index in [9.17, 15) is 5.11 Å². The highest BCUT2D eigenvalue weighted by Crippen LogP contribution is 2.21. The fraction of sp³-hybridized carbons (Fsp3) is 0.778. The molecule has 2 rings (SSSR count). The van der Waals surface area contributed by atoms with Crippen molar-refractivity contribution in [2.45, 2.75) is 19.4 Å².